The summed E-state index contributed by atoms with van der Waals surface area (Å²) in [5.74, 6) is -0.683. The summed E-state index contributed by atoms with van der Waals surface area (Å²) in [5.41, 5.74) is 0.613. The van der Waals surface area contributed by atoms with Gasteiger partial charge in [0.25, 0.3) is 5.69 Å². The molecule has 1 heterocycles. The Kier molecular flexibility index (Phi) is 5.82. The average Bonchev–Trinajstić information content (AvgIpc) is 2.53. The highest BCUT2D eigenvalue weighted by Gasteiger charge is 2.21. The van der Waals surface area contributed by atoms with E-state index in [9.17, 15) is 20.0 Å². The molecule has 1 aliphatic rings. The lowest BCUT2D eigenvalue weighted by atomic mass is 10.2. The number of piperazine rings is 1. The van der Waals surface area contributed by atoms with Crippen LogP contribution < -0.4 is 5.32 Å². The number of rotatable bonds is 6. The molecule has 1 unspecified atom stereocenters. The zero-order valence-electron chi connectivity index (χ0n) is 12.1. The van der Waals surface area contributed by atoms with E-state index in [-0.39, 0.29) is 18.8 Å². The SMILES string of the molecule is O=C(OCc1ccc([N+](=O)[O-])cc1)C(O)CN1CCNCC1. The van der Waals surface area contributed by atoms with Crippen LogP contribution in [-0.2, 0) is 16.1 Å². The van der Waals surface area contributed by atoms with Crippen LogP contribution in [0.15, 0.2) is 24.3 Å². The van der Waals surface area contributed by atoms with Crippen LogP contribution in [-0.4, -0.2) is 59.7 Å². The molecule has 0 aromatic heterocycles. The Labute approximate surface area is 127 Å². The van der Waals surface area contributed by atoms with Crippen molar-refractivity contribution in [2.24, 2.45) is 0 Å². The second-order valence-corrected chi connectivity index (χ2v) is 5.10. The predicted molar refractivity (Wildman–Crippen MR) is 78.2 cm³/mol. The second kappa shape index (κ2) is 7.83. The number of nitro groups is 1. The average molecular weight is 309 g/mol. The number of β-amino-alcohol motifs (C(OH)–C–C–N with tert-alkyl or cyclic N) is 1. The van der Waals surface area contributed by atoms with E-state index >= 15 is 0 Å². The fourth-order valence-corrected chi connectivity index (χ4v) is 2.18. The van der Waals surface area contributed by atoms with Crippen molar-refractivity contribution in [2.45, 2.75) is 12.7 Å². The van der Waals surface area contributed by atoms with E-state index in [0.717, 1.165) is 26.2 Å². The quantitative estimate of drug-likeness (QED) is 0.429. The van der Waals surface area contributed by atoms with Crippen molar-refractivity contribution in [3.8, 4) is 0 Å². The first-order valence-electron chi connectivity index (χ1n) is 7.07. The third-order valence-corrected chi connectivity index (χ3v) is 3.44. The number of non-ortho nitro benzene ring substituents is 1. The monoisotopic (exact) mass is 309 g/mol. The van der Waals surface area contributed by atoms with E-state index in [2.05, 4.69) is 5.32 Å². The minimum Gasteiger partial charge on any atom is -0.459 e. The van der Waals surface area contributed by atoms with Gasteiger partial charge in [-0.15, -0.1) is 0 Å². The molecule has 2 N–H and O–H groups in total. The van der Waals surface area contributed by atoms with Crippen molar-refractivity contribution in [1.82, 2.24) is 10.2 Å². The number of nitrogens with zero attached hydrogens (tertiary/aromatic N) is 2. The second-order valence-electron chi connectivity index (χ2n) is 5.10. The maximum Gasteiger partial charge on any atom is 0.336 e. The fourth-order valence-electron chi connectivity index (χ4n) is 2.18. The van der Waals surface area contributed by atoms with E-state index in [1.54, 1.807) is 0 Å². The van der Waals surface area contributed by atoms with Crippen LogP contribution in [0.4, 0.5) is 5.69 Å². The van der Waals surface area contributed by atoms with Gasteiger partial charge in [-0.1, -0.05) is 0 Å². The van der Waals surface area contributed by atoms with Gasteiger partial charge in [-0.2, -0.15) is 0 Å². The lowest BCUT2D eigenvalue weighted by Gasteiger charge is -2.28. The maximum atomic E-state index is 11.7. The molecule has 1 fully saturated rings. The molecule has 0 amide bonds. The zero-order valence-corrected chi connectivity index (χ0v) is 12.1. The molecule has 0 radical (unpaired) electrons. The molecule has 1 aliphatic heterocycles. The van der Waals surface area contributed by atoms with Crippen molar-refractivity contribution >= 4 is 11.7 Å². The van der Waals surface area contributed by atoms with Gasteiger partial charge in [-0.05, 0) is 17.7 Å². The number of benzene rings is 1. The van der Waals surface area contributed by atoms with Crippen LogP contribution >= 0.6 is 0 Å². The molecule has 22 heavy (non-hydrogen) atoms. The van der Waals surface area contributed by atoms with Gasteiger partial charge in [0.2, 0.25) is 0 Å². The number of aliphatic hydroxyl groups is 1. The summed E-state index contributed by atoms with van der Waals surface area (Å²) in [5, 5.41) is 23.6. The van der Waals surface area contributed by atoms with E-state index in [1.807, 2.05) is 4.90 Å². The summed E-state index contributed by atoms with van der Waals surface area (Å²) in [6.45, 7) is 3.48. The first-order chi connectivity index (χ1) is 10.6. The number of nitro benzene ring substituents is 1. The normalized spacial score (nSPS) is 17.0. The van der Waals surface area contributed by atoms with Crippen LogP contribution in [0.5, 0.6) is 0 Å². The van der Waals surface area contributed by atoms with Crippen LogP contribution in [0.1, 0.15) is 5.56 Å². The Morgan fingerprint density at radius 3 is 2.59 bits per heavy atom. The fraction of sp³-hybridized carbons (Fsp3) is 0.500. The van der Waals surface area contributed by atoms with E-state index in [1.165, 1.54) is 24.3 Å². The number of esters is 1. The number of hydrogen-bond donors (Lipinski definition) is 2. The highest BCUT2D eigenvalue weighted by molar-refractivity contribution is 5.74. The molecule has 2 rings (SSSR count). The first kappa shape index (κ1) is 16.3. The summed E-state index contributed by atoms with van der Waals surface area (Å²) < 4.78 is 5.03. The molecule has 1 aromatic carbocycles. The molecule has 8 nitrogen and oxygen atoms in total. The molecule has 0 saturated carbocycles. The number of ether oxygens (including phenoxy) is 1. The Morgan fingerprint density at radius 1 is 1.36 bits per heavy atom. The molecule has 120 valence electrons. The number of carbonyl (C=O) groups is 1. The summed E-state index contributed by atoms with van der Waals surface area (Å²) in [7, 11) is 0. The van der Waals surface area contributed by atoms with Crippen molar-refractivity contribution in [2.75, 3.05) is 32.7 Å². The van der Waals surface area contributed by atoms with Crippen LogP contribution in [0.25, 0.3) is 0 Å². The molecule has 0 spiro atoms. The van der Waals surface area contributed by atoms with Crippen LogP contribution in [0.2, 0.25) is 0 Å². The highest BCUT2D eigenvalue weighted by atomic mass is 16.6. The number of nitrogens with one attached hydrogen (secondary N) is 1. The standard InChI is InChI=1S/C14H19N3O5/c18-13(9-16-7-5-15-6-8-16)14(19)22-10-11-1-3-12(4-2-11)17(20)21/h1-4,13,15,18H,5-10H2. The molecular formula is C14H19N3O5. The lowest BCUT2D eigenvalue weighted by molar-refractivity contribution is -0.384. The summed E-state index contributed by atoms with van der Waals surface area (Å²) in [6, 6.07) is 5.74. The van der Waals surface area contributed by atoms with Crippen molar-refractivity contribution in [3.05, 3.63) is 39.9 Å². The van der Waals surface area contributed by atoms with Gasteiger partial charge in [0.05, 0.1) is 4.92 Å². The minimum absolute atomic E-state index is 0.0184. The molecule has 0 aliphatic carbocycles. The molecule has 1 saturated heterocycles. The smallest absolute Gasteiger partial charge is 0.336 e. The maximum absolute atomic E-state index is 11.7. The van der Waals surface area contributed by atoms with Gasteiger partial charge in [0, 0.05) is 44.9 Å². The molecule has 0 bridgehead atoms. The van der Waals surface area contributed by atoms with E-state index < -0.39 is 17.0 Å². The van der Waals surface area contributed by atoms with Crippen LogP contribution in [0, 0.1) is 10.1 Å². The van der Waals surface area contributed by atoms with Crippen molar-refractivity contribution in [3.63, 3.8) is 0 Å². The Balaban J connectivity index is 1.77. The van der Waals surface area contributed by atoms with Gasteiger partial charge in [-0.3, -0.25) is 15.0 Å². The molecular weight excluding hydrogens is 290 g/mol. The van der Waals surface area contributed by atoms with Gasteiger partial charge >= 0.3 is 5.97 Å². The molecule has 1 aromatic rings. The minimum atomic E-state index is -1.18. The van der Waals surface area contributed by atoms with Gasteiger partial charge in [0.1, 0.15) is 6.61 Å². The van der Waals surface area contributed by atoms with Gasteiger partial charge in [0.15, 0.2) is 6.10 Å². The Hall–Kier alpha value is -2.03. The van der Waals surface area contributed by atoms with E-state index in [4.69, 9.17) is 4.74 Å². The number of aliphatic hydroxyl groups excluding tert-OH is 1. The zero-order chi connectivity index (χ0) is 15.9. The highest BCUT2D eigenvalue weighted by Crippen LogP contribution is 2.12. The predicted octanol–water partition coefficient (Wildman–Crippen LogP) is -0.0959. The first-order valence-corrected chi connectivity index (χ1v) is 7.07. The third kappa shape index (κ3) is 4.76. The van der Waals surface area contributed by atoms with E-state index in [0.29, 0.717) is 5.56 Å². The molecule has 8 heteroatoms. The number of hydrogen-bond acceptors (Lipinski definition) is 7. The lowest BCUT2D eigenvalue weighted by Crippen LogP contribution is -2.47. The van der Waals surface area contributed by atoms with Gasteiger partial charge < -0.3 is 15.2 Å². The largest absolute Gasteiger partial charge is 0.459 e. The topological polar surface area (TPSA) is 105 Å². The summed E-state index contributed by atoms with van der Waals surface area (Å²) in [6.07, 6.45) is -1.18. The van der Waals surface area contributed by atoms with Gasteiger partial charge in [-0.25, -0.2) is 4.79 Å². The van der Waals surface area contributed by atoms with Crippen molar-refractivity contribution in [1.29, 1.82) is 0 Å². The Bertz CT molecular complexity index is 514. The molecule has 1 atom stereocenters. The van der Waals surface area contributed by atoms with Crippen LogP contribution in [0.3, 0.4) is 0 Å². The summed E-state index contributed by atoms with van der Waals surface area (Å²) >= 11 is 0. The number of carbonyl (C=O) groups excluding carboxylic acids is 1. The Morgan fingerprint density at radius 2 is 2.00 bits per heavy atom. The van der Waals surface area contributed by atoms with Crippen molar-refractivity contribution < 1.29 is 19.6 Å². The third-order valence-electron chi connectivity index (χ3n) is 3.44. The summed E-state index contributed by atoms with van der Waals surface area (Å²) in [4.78, 5) is 23.8.